The molecule has 1 fully saturated rings. The van der Waals surface area contributed by atoms with Crippen LogP contribution in [0.2, 0.25) is 20.1 Å². The first-order valence-electron chi connectivity index (χ1n) is 14.1. The van der Waals surface area contributed by atoms with Gasteiger partial charge in [0.05, 0.1) is 10.6 Å². The number of halogens is 4. The molecule has 1 saturated carbocycles. The zero-order chi connectivity index (χ0) is 31.1. The van der Waals surface area contributed by atoms with Gasteiger partial charge in [-0.15, -0.1) is 0 Å². The Bertz CT molecular complexity index is 1550. The molecule has 0 bridgehead atoms. The van der Waals surface area contributed by atoms with E-state index in [1.165, 1.54) is 35.2 Å². The average molecular weight is 686 g/mol. The van der Waals surface area contributed by atoms with Crippen LogP contribution in [0.4, 0.5) is 5.69 Å². The number of amides is 2. The van der Waals surface area contributed by atoms with Crippen LogP contribution >= 0.6 is 46.4 Å². The minimum absolute atomic E-state index is 0.0274. The van der Waals surface area contributed by atoms with Gasteiger partial charge in [0, 0.05) is 32.7 Å². The molecule has 0 aliphatic heterocycles. The van der Waals surface area contributed by atoms with Gasteiger partial charge in [-0.1, -0.05) is 84.7 Å². The Morgan fingerprint density at radius 3 is 2.16 bits per heavy atom. The molecule has 1 aliphatic rings. The highest BCUT2D eigenvalue weighted by molar-refractivity contribution is 7.92. The number of rotatable bonds is 11. The van der Waals surface area contributed by atoms with Crippen molar-refractivity contribution in [1.82, 2.24) is 10.2 Å². The Balaban J connectivity index is 1.73. The molecule has 7 nitrogen and oxygen atoms in total. The average Bonchev–Trinajstić information content (AvgIpc) is 2.97. The standard InChI is InChI=1S/C31H33Cl4N3O4S/c1-2-29(31(40)36-25-8-4-3-5-9-25)37(19-21-11-12-24(34)18-28(21)35)30(39)20-38(26-10-6-7-23(33)17-26)43(41,42)27-15-13-22(32)14-16-27/h6-7,10-18,25,29H,2-5,8-9,19-20H2,1H3,(H,36,40)/t29-/m1/s1. The summed E-state index contributed by atoms with van der Waals surface area (Å²) in [5, 5.41) is 4.53. The smallest absolute Gasteiger partial charge is 0.264 e. The summed E-state index contributed by atoms with van der Waals surface area (Å²) in [5.41, 5.74) is 0.762. The van der Waals surface area contributed by atoms with Crippen molar-refractivity contribution in [2.24, 2.45) is 0 Å². The fourth-order valence-corrected chi connectivity index (χ4v) is 7.38. The molecule has 12 heteroatoms. The van der Waals surface area contributed by atoms with Gasteiger partial charge >= 0.3 is 0 Å². The fraction of sp³-hybridized carbons (Fsp3) is 0.355. The number of benzene rings is 3. The third kappa shape index (κ3) is 8.58. The molecule has 0 aromatic heterocycles. The third-order valence-corrected chi connectivity index (χ3v) is 10.3. The van der Waals surface area contributed by atoms with Crippen molar-refractivity contribution in [2.45, 2.75) is 69.0 Å². The molecular weight excluding hydrogens is 652 g/mol. The van der Waals surface area contributed by atoms with Crippen LogP contribution in [0.1, 0.15) is 51.0 Å². The lowest BCUT2D eigenvalue weighted by atomic mass is 9.95. The Labute approximate surface area is 273 Å². The van der Waals surface area contributed by atoms with Crippen LogP contribution < -0.4 is 9.62 Å². The fourth-order valence-electron chi connectivity index (χ4n) is 5.19. The van der Waals surface area contributed by atoms with E-state index in [1.807, 2.05) is 6.92 Å². The number of carbonyl (C=O) groups excluding carboxylic acids is 2. The van der Waals surface area contributed by atoms with Crippen molar-refractivity contribution < 1.29 is 18.0 Å². The van der Waals surface area contributed by atoms with E-state index < -0.39 is 28.5 Å². The molecule has 1 N–H and O–H groups in total. The molecular formula is C31H33Cl4N3O4S. The van der Waals surface area contributed by atoms with Gasteiger partial charge in [0.2, 0.25) is 11.8 Å². The molecule has 230 valence electrons. The molecule has 0 saturated heterocycles. The van der Waals surface area contributed by atoms with Crippen LogP contribution in [-0.2, 0) is 26.2 Å². The number of nitrogens with zero attached hydrogens (tertiary/aromatic N) is 2. The van der Waals surface area contributed by atoms with E-state index in [4.69, 9.17) is 46.4 Å². The normalized spacial score (nSPS) is 14.6. The van der Waals surface area contributed by atoms with Crippen molar-refractivity contribution in [3.05, 3.63) is 92.4 Å². The summed E-state index contributed by atoms with van der Waals surface area (Å²) in [6, 6.07) is 16.0. The van der Waals surface area contributed by atoms with Crippen LogP contribution in [0.3, 0.4) is 0 Å². The van der Waals surface area contributed by atoms with Gasteiger partial charge < -0.3 is 10.2 Å². The highest BCUT2D eigenvalue weighted by Crippen LogP contribution is 2.29. The summed E-state index contributed by atoms with van der Waals surface area (Å²) in [4.78, 5) is 29.2. The molecule has 0 spiro atoms. The largest absolute Gasteiger partial charge is 0.352 e. The summed E-state index contributed by atoms with van der Waals surface area (Å²) in [5.74, 6) is -0.878. The van der Waals surface area contributed by atoms with Gasteiger partial charge in [0.1, 0.15) is 12.6 Å². The highest BCUT2D eigenvalue weighted by atomic mass is 35.5. The maximum atomic E-state index is 14.2. The minimum Gasteiger partial charge on any atom is -0.352 e. The van der Waals surface area contributed by atoms with Crippen molar-refractivity contribution in [3.63, 3.8) is 0 Å². The second kappa shape index (κ2) is 15.0. The maximum Gasteiger partial charge on any atom is 0.264 e. The van der Waals surface area contributed by atoms with Crippen molar-refractivity contribution in [3.8, 4) is 0 Å². The predicted molar refractivity (Wildman–Crippen MR) is 174 cm³/mol. The lowest BCUT2D eigenvalue weighted by molar-refractivity contribution is -0.140. The Hall–Kier alpha value is -2.49. The first kappa shape index (κ1) is 33.4. The van der Waals surface area contributed by atoms with E-state index in [1.54, 1.807) is 36.4 Å². The monoisotopic (exact) mass is 683 g/mol. The first-order valence-corrected chi connectivity index (χ1v) is 17.0. The molecule has 0 unspecified atom stereocenters. The second-order valence-electron chi connectivity index (χ2n) is 10.5. The number of nitrogens with one attached hydrogen (secondary N) is 1. The lowest BCUT2D eigenvalue weighted by Crippen LogP contribution is -2.54. The zero-order valence-electron chi connectivity index (χ0n) is 23.6. The molecule has 0 radical (unpaired) electrons. The first-order chi connectivity index (χ1) is 20.5. The molecule has 0 heterocycles. The van der Waals surface area contributed by atoms with E-state index in [0.29, 0.717) is 32.1 Å². The summed E-state index contributed by atoms with van der Waals surface area (Å²) >= 11 is 24.8. The van der Waals surface area contributed by atoms with E-state index in [0.717, 1.165) is 36.4 Å². The molecule has 1 atom stereocenters. The molecule has 4 rings (SSSR count). The summed E-state index contributed by atoms with van der Waals surface area (Å²) in [6.07, 6.45) is 5.24. The molecule has 2 amide bonds. The molecule has 3 aromatic carbocycles. The Morgan fingerprint density at radius 2 is 1.53 bits per heavy atom. The SMILES string of the molecule is CC[C@H](C(=O)NC1CCCCC1)N(Cc1ccc(Cl)cc1Cl)C(=O)CN(c1cccc(Cl)c1)S(=O)(=O)c1ccc(Cl)cc1. The summed E-state index contributed by atoms with van der Waals surface area (Å²) < 4.78 is 28.9. The van der Waals surface area contributed by atoms with Crippen LogP contribution in [0.5, 0.6) is 0 Å². The lowest BCUT2D eigenvalue weighted by Gasteiger charge is -2.34. The van der Waals surface area contributed by atoms with E-state index in [2.05, 4.69) is 5.32 Å². The minimum atomic E-state index is -4.25. The third-order valence-electron chi connectivity index (χ3n) is 7.47. The second-order valence-corrected chi connectivity index (χ2v) is 14.0. The molecule has 43 heavy (non-hydrogen) atoms. The van der Waals surface area contributed by atoms with Crippen molar-refractivity contribution in [2.75, 3.05) is 10.8 Å². The summed E-state index contributed by atoms with van der Waals surface area (Å²) in [7, 11) is -4.25. The zero-order valence-corrected chi connectivity index (χ0v) is 27.5. The van der Waals surface area contributed by atoms with Gasteiger partial charge in [0.25, 0.3) is 10.0 Å². The maximum absolute atomic E-state index is 14.2. The van der Waals surface area contributed by atoms with E-state index in [9.17, 15) is 18.0 Å². The van der Waals surface area contributed by atoms with Gasteiger partial charge in [-0.05, 0) is 79.4 Å². The number of hydrogen-bond acceptors (Lipinski definition) is 4. The Morgan fingerprint density at radius 1 is 0.884 bits per heavy atom. The number of anilines is 1. The van der Waals surface area contributed by atoms with Crippen LogP contribution in [0.15, 0.2) is 71.6 Å². The molecule has 1 aliphatic carbocycles. The number of sulfonamides is 1. The van der Waals surface area contributed by atoms with Crippen molar-refractivity contribution in [1.29, 1.82) is 0 Å². The van der Waals surface area contributed by atoms with E-state index >= 15 is 0 Å². The topological polar surface area (TPSA) is 86.8 Å². The number of hydrogen-bond donors (Lipinski definition) is 1. The molecule has 3 aromatic rings. The number of carbonyl (C=O) groups is 2. The van der Waals surface area contributed by atoms with Gasteiger partial charge in [0.15, 0.2) is 0 Å². The van der Waals surface area contributed by atoms with Gasteiger partial charge in [-0.3, -0.25) is 13.9 Å². The van der Waals surface area contributed by atoms with Crippen LogP contribution in [-0.4, -0.2) is 43.8 Å². The Kier molecular flexibility index (Phi) is 11.6. The van der Waals surface area contributed by atoms with Crippen LogP contribution in [0.25, 0.3) is 0 Å². The quantitative estimate of drug-likeness (QED) is 0.224. The highest BCUT2D eigenvalue weighted by Gasteiger charge is 2.34. The van der Waals surface area contributed by atoms with Gasteiger partial charge in [-0.2, -0.15) is 0 Å². The van der Waals surface area contributed by atoms with Crippen LogP contribution in [0, 0.1) is 0 Å². The van der Waals surface area contributed by atoms with Gasteiger partial charge in [-0.25, -0.2) is 8.42 Å². The van der Waals surface area contributed by atoms with E-state index in [-0.39, 0.29) is 29.1 Å². The summed E-state index contributed by atoms with van der Waals surface area (Å²) in [6.45, 7) is 1.19. The van der Waals surface area contributed by atoms with Crippen molar-refractivity contribution >= 4 is 73.9 Å². The predicted octanol–water partition coefficient (Wildman–Crippen LogP) is 7.75.